The van der Waals surface area contributed by atoms with E-state index in [1.807, 2.05) is 19.9 Å². The third-order valence-electron chi connectivity index (χ3n) is 5.45. The standard InChI is InChI=1S/C19H21N3O4/c1-5-26-18(24)16-21-15-12(17(22-16)25-4)6-7-13-10(2)14(23)11(9-20)8-19(13,15)3/h8,10,13H,5-7H2,1-4H3/t10-,13+,19-/m0/s1. The summed E-state index contributed by atoms with van der Waals surface area (Å²) >= 11 is 0. The quantitative estimate of drug-likeness (QED) is 0.765. The molecular formula is C19H21N3O4. The van der Waals surface area contributed by atoms with Crippen LogP contribution in [0.25, 0.3) is 0 Å². The number of aromatic nitrogens is 2. The highest BCUT2D eigenvalue weighted by Gasteiger charge is 2.50. The molecule has 3 rings (SSSR count). The van der Waals surface area contributed by atoms with Crippen molar-refractivity contribution in [1.82, 2.24) is 9.97 Å². The van der Waals surface area contributed by atoms with Crippen LogP contribution in [-0.2, 0) is 21.4 Å². The number of carbonyl (C=O) groups excluding carboxylic acids is 2. The first-order chi connectivity index (χ1) is 12.4. The van der Waals surface area contributed by atoms with Crippen molar-refractivity contribution in [2.24, 2.45) is 11.8 Å². The Balaban J connectivity index is 2.24. The summed E-state index contributed by atoms with van der Waals surface area (Å²) in [5, 5.41) is 9.37. The summed E-state index contributed by atoms with van der Waals surface area (Å²) < 4.78 is 10.4. The van der Waals surface area contributed by atoms with Crippen LogP contribution >= 0.6 is 0 Å². The lowest BCUT2D eigenvalue weighted by Gasteiger charge is -2.45. The number of hydrogen-bond acceptors (Lipinski definition) is 7. The molecule has 0 N–H and O–H groups in total. The second kappa shape index (κ2) is 6.52. The minimum atomic E-state index is -0.649. The van der Waals surface area contributed by atoms with Gasteiger partial charge in [0.1, 0.15) is 6.07 Å². The van der Waals surface area contributed by atoms with Crippen molar-refractivity contribution in [2.45, 2.75) is 39.0 Å². The van der Waals surface area contributed by atoms with E-state index in [1.165, 1.54) is 7.11 Å². The summed E-state index contributed by atoms with van der Waals surface area (Å²) in [5.41, 5.74) is 0.938. The molecule has 26 heavy (non-hydrogen) atoms. The number of carbonyl (C=O) groups is 2. The van der Waals surface area contributed by atoms with Crippen LogP contribution in [0.4, 0.5) is 0 Å². The van der Waals surface area contributed by atoms with Gasteiger partial charge in [-0.25, -0.2) is 9.78 Å². The summed E-state index contributed by atoms with van der Waals surface area (Å²) in [6.45, 7) is 5.73. The number of rotatable bonds is 3. The van der Waals surface area contributed by atoms with E-state index in [4.69, 9.17) is 9.47 Å². The first kappa shape index (κ1) is 18.1. The van der Waals surface area contributed by atoms with Gasteiger partial charge < -0.3 is 9.47 Å². The van der Waals surface area contributed by atoms with E-state index < -0.39 is 11.4 Å². The fourth-order valence-corrected chi connectivity index (χ4v) is 4.20. The molecule has 0 bridgehead atoms. The van der Waals surface area contributed by atoms with Crippen LogP contribution in [-0.4, -0.2) is 35.4 Å². The first-order valence-corrected chi connectivity index (χ1v) is 8.67. The number of esters is 1. The fourth-order valence-electron chi connectivity index (χ4n) is 4.20. The molecule has 7 heteroatoms. The molecule has 1 aromatic rings. The summed E-state index contributed by atoms with van der Waals surface area (Å²) in [5.74, 6) is -0.780. The van der Waals surface area contributed by atoms with Gasteiger partial charge in [-0.05, 0) is 25.7 Å². The average molecular weight is 355 g/mol. The van der Waals surface area contributed by atoms with Crippen molar-refractivity contribution in [3.8, 4) is 11.9 Å². The zero-order valence-electron chi connectivity index (χ0n) is 15.3. The number of ether oxygens (including phenoxy) is 2. The largest absolute Gasteiger partial charge is 0.481 e. The normalized spacial score (nSPS) is 26.9. The molecule has 0 aliphatic heterocycles. The maximum atomic E-state index is 12.4. The van der Waals surface area contributed by atoms with Crippen LogP contribution in [0, 0.1) is 23.2 Å². The highest BCUT2D eigenvalue weighted by molar-refractivity contribution is 6.02. The Morgan fingerprint density at radius 2 is 2.19 bits per heavy atom. The zero-order valence-corrected chi connectivity index (χ0v) is 15.3. The Morgan fingerprint density at radius 1 is 1.46 bits per heavy atom. The SMILES string of the molecule is CCOC(=O)c1nc(OC)c2c(n1)[C@@]1(C)C=C(C#N)C(=O)[C@@H](C)[C@H]1CC2. The molecule has 0 unspecified atom stereocenters. The summed E-state index contributed by atoms with van der Waals surface area (Å²) in [7, 11) is 1.50. The Morgan fingerprint density at radius 3 is 2.81 bits per heavy atom. The number of ketones is 1. The van der Waals surface area contributed by atoms with E-state index in [-0.39, 0.29) is 35.6 Å². The Hall–Kier alpha value is -2.75. The molecule has 0 amide bonds. The molecule has 136 valence electrons. The van der Waals surface area contributed by atoms with Crippen molar-refractivity contribution in [2.75, 3.05) is 13.7 Å². The predicted molar refractivity (Wildman–Crippen MR) is 91.6 cm³/mol. The zero-order chi connectivity index (χ0) is 19.1. The molecule has 0 fully saturated rings. The first-order valence-electron chi connectivity index (χ1n) is 8.67. The third-order valence-corrected chi connectivity index (χ3v) is 5.45. The fraction of sp³-hybridized carbons (Fsp3) is 0.526. The van der Waals surface area contributed by atoms with Crippen molar-refractivity contribution >= 4 is 11.8 Å². The molecule has 2 aliphatic carbocycles. The second-order valence-electron chi connectivity index (χ2n) is 6.85. The number of hydrogen-bond donors (Lipinski definition) is 0. The Bertz CT molecular complexity index is 855. The van der Waals surface area contributed by atoms with E-state index in [1.54, 1.807) is 13.0 Å². The van der Waals surface area contributed by atoms with Crippen molar-refractivity contribution in [3.05, 3.63) is 28.7 Å². The molecule has 0 spiro atoms. The minimum absolute atomic E-state index is 0.00532. The van der Waals surface area contributed by atoms with E-state index in [0.717, 1.165) is 12.0 Å². The summed E-state index contributed by atoms with van der Waals surface area (Å²) in [4.78, 5) is 33.3. The number of methoxy groups -OCH3 is 1. The smallest absolute Gasteiger partial charge is 0.376 e. The Kier molecular flexibility index (Phi) is 4.53. The van der Waals surface area contributed by atoms with E-state index in [2.05, 4.69) is 9.97 Å². The van der Waals surface area contributed by atoms with Crippen LogP contribution < -0.4 is 4.74 Å². The van der Waals surface area contributed by atoms with E-state index in [0.29, 0.717) is 18.0 Å². The molecule has 2 aliphatic rings. The van der Waals surface area contributed by atoms with Gasteiger partial charge in [-0.1, -0.05) is 19.9 Å². The molecular weight excluding hydrogens is 334 g/mol. The molecule has 0 aromatic carbocycles. The van der Waals surface area contributed by atoms with Gasteiger partial charge in [0, 0.05) is 16.9 Å². The van der Waals surface area contributed by atoms with E-state index in [9.17, 15) is 14.9 Å². The molecule has 0 radical (unpaired) electrons. The second-order valence-corrected chi connectivity index (χ2v) is 6.85. The summed E-state index contributed by atoms with van der Waals surface area (Å²) in [6, 6.07) is 2.00. The number of nitrogens with zero attached hydrogens (tertiary/aromatic N) is 3. The number of Topliss-reactive ketones (excluding diaryl/α,β-unsaturated/α-hetero) is 1. The van der Waals surface area contributed by atoms with Crippen molar-refractivity contribution < 1.29 is 19.1 Å². The van der Waals surface area contributed by atoms with Gasteiger partial charge in [0.05, 0.1) is 25.0 Å². The maximum Gasteiger partial charge on any atom is 0.376 e. The van der Waals surface area contributed by atoms with Gasteiger partial charge >= 0.3 is 5.97 Å². The van der Waals surface area contributed by atoms with Crippen LogP contribution in [0.3, 0.4) is 0 Å². The molecule has 1 heterocycles. The van der Waals surface area contributed by atoms with Crippen molar-refractivity contribution in [3.63, 3.8) is 0 Å². The summed E-state index contributed by atoms with van der Waals surface area (Å²) in [6.07, 6.45) is 3.10. The predicted octanol–water partition coefficient (Wildman–Crippen LogP) is 2.15. The maximum absolute atomic E-state index is 12.4. The number of fused-ring (bicyclic) bond motifs is 3. The van der Waals surface area contributed by atoms with Crippen LogP contribution in [0.15, 0.2) is 11.6 Å². The van der Waals surface area contributed by atoms with Gasteiger partial charge in [0.25, 0.3) is 0 Å². The van der Waals surface area contributed by atoms with Gasteiger partial charge in [-0.15, -0.1) is 0 Å². The van der Waals surface area contributed by atoms with E-state index >= 15 is 0 Å². The van der Waals surface area contributed by atoms with Crippen LogP contribution in [0.5, 0.6) is 5.88 Å². The van der Waals surface area contributed by atoms with Gasteiger partial charge in [-0.3, -0.25) is 4.79 Å². The lowest BCUT2D eigenvalue weighted by Crippen LogP contribution is -2.46. The molecule has 0 saturated heterocycles. The van der Waals surface area contributed by atoms with Crippen LogP contribution in [0.2, 0.25) is 0 Å². The highest BCUT2D eigenvalue weighted by atomic mass is 16.5. The van der Waals surface area contributed by atoms with Gasteiger partial charge in [-0.2, -0.15) is 10.2 Å². The van der Waals surface area contributed by atoms with Crippen LogP contribution in [0.1, 0.15) is 49.1 Å². The highest BCUT2D eigenvalue weighted by Crippen LogP contribution is 2.50. The lowest BCUT2D eigenvalue weighted by molar-refractivity contribution is -0.121. The molecule has 0 saturated carbocycles. The topological polar surface area (TPSA) is 102 Å². The van der Waals surface area contributed by atoms with Gasteiger partial charge in [0.15, 0.2) is 5.78 Å². The number of allylic oxidation sites excluding steroid dienone is 2. The monoisotopic (exact) mass is 355 g/mol. The molecule has 1 aromatic heterocycles. The third kappa shape index (κ3) is 2.57. The van der Waals surface area contributed by atoms with Gasteiger partial charge in [0.2, 0.25) is 11.7 Å². The lowest BCUT2D eigenvalue weighted by atomic mass is 9.58. The average Bonchev–Trinajstić information content (AvgIpc) is 2.64. The molecule has 7 nitrogen and oxygen atoms in total. The number of nitriles is 1. The Labute approximate surface area is 152 Å². The minimum Gasteiger partial charge on any atom is -0.481 e. The molecule has 3 atom stereocenters. The van der Waals surface area contributed by atoms with Crippen molar-refractivity contribution in [1.29, 1.82) is 5.26 Å².